The Morgan fingerprint density at radius 3 is 2.91 bits per heavy atom. The number of benzene rings is 1. The lowest BCUT2D eigenvalue weighted by molar-refractivity contribution is 0.0708. The minimum Gasteiger partial charge on any atom is -0.494 e. The van der Waals surface area contributed by atoms with Crippen LogP contribution in [0.15, 0.2) is 29.6 Å². The highest BCUT2D eigenvalue weighted by Crippen LogP contribution is 2.35. The van der Waals surface area contributed by atoms with Crippen LogP contribution in [-0.2, 0) is 18.3 Å². The summed E-state index contributed by atoms with van der Waals surface area (Å²) in [6.45, 7) is 2.65. The number of thiophene rings is 1. The molecule has 0 bridgehead atoms. The van der Waals surface area contributed by atoms with Crippen LogP contribution in [0.3, 0.4) is 0 Å². The Balaban J connectivity index is 1.61. The molecule has 0 radical (unpaired) electrons. The third-order valence-corrected chi connectivity index (χ3v) is 7.35. The number of hydrogen-bond acceptors (Lipinski definition) is 6. The zero-order valence-corrected chi connectivity index (χ0v) is 20.0. The molecule has 174 valence electrons. The number of fused-ring (bicyclic) bond motifs is 2. The van der Waals surface area contributed by atoms with E-state index in [4.69, 9.17) is 20.2 Å². The molecule has 5 rings (SSSR count). The molecule has 1 atom stereocenters. The van der Waals surface area contributed by atoms with Crippen LogP contribution < -0.4 is 10.5 Å². The van der Waals surface area contributed by atoms with Gasteiger partial charge in [0.2, 0.25) is 0 Å². The van der Waals surface area contributed by atoms with E-state index in [1.54, 1.807) is 25.6 Å². The molecule has 0 unspecified atom stereocenters. The first-order valence-corrected chi connectivity index (χ1v) is 12.0. The molecule has 0 aliphatic carbocycles. The van der Waals surface area contributed by atoms with Gasteiger partial charge in [0.25, 0.3) is 5.91 Å². The fourth-order valence-corrected chi connectivity index (χ4v) is 5.68. The number of ether oxygens (including phenoxy) is 2. The Bertz CT molecular complexity index is 1320. The maximum Gasteiger partial charge on any atom is 0.254 e. The summed E-state index contributed by atoms with van der Waals surface area (Å²) < 4.78 is 15.4. The second-order valence-electron chi connectivity index (χ2n) is 8.55. The van der Waals surface area contributed by atoms with Crippen molar-refractivity contribution in [3.05, 3.63) is 35.2 Å². The number of aryl methyl sites for hydroxylation is 1. The molecule has 1 saturated heterocycles. The van der Waals surface area contributed by atoms with Crippen molar-refractivity contribution in [2.24, 2.45) is 12.8 Å². The molecule has 0 spiro atoms. The van der Waals surface area contributed by atoms with Crippen LogP contribution in [0.1, 0.15) is 23.2 Å². The molecule has 1 aliphatic heterocycles. The highest BCUT2D eigenvalue weighted by Gasteiger charge is 2.25. The second kappa shape index (κ2) is 8.81. The summed E-state index contributed by atoms with van der Waals surface area (Å²) in [6.07, 6.45) is 1.88. The first-order chi connectivity index (χ1) is 16.0. The van der Waals surface area contributed by atoms with E-state index in [0.29, 0.717) is 24.5 Å². The molecule has 1 amide bonds. The summed E-state index contributed by atoms with van der Waals surface area (Å²) >= 11 is 1.71. The number of imidazole rings is 1. The summed E-state index contributed by atoms with van der Waals surface area (Å²) in [5.74, 6) is 1.43. The van der Waals surface area contributed by atoms with E-state index in [0.717, 1.165) is 48.5 Å². The van der Waals surface area contributed by atoms with Gasteiger partial charge in [0.15, 0.2) is 5.82 Å². The molecule has 1 fully saturated rings. The monoisotopic (exact) mass is 467 g/mol. The molecule has 4 heterocycles. The molecule has 1 aromatic carbocycles. The van der Waals surface area contributed by atoms with Gasteiger partial charge >= 0.3 is 0 Å². The number of methoxy groups -OCH3 is 2. The summed E-state index contributed by atoms with van der Waals surface area (Å²) in [7, 11) is 5.33. The molecule has 0 saturated carbocycles. The van der Waals surface area contributed by atoms with Crippen molar-refractivity contribution in [3.8, 4) is 17.3 Å². The van der Waals surface area contributed by atoms with E-state index in [1.807, 2.05) is 28.6 Å². The van der Waals surface area contributed by atoms with Gasteiger partial charge in [0.1, 0.15) is 16.1 Å². The molecule has 4 aromatic rings. The first kappa shape index (κ1) is 21.9. The molecule has 8 nitrogen and oxygen atoms in total. The summed E-state index contributed by atoms with van der Waals surface area (Å²) in [4.78, 5) is 21.2. The number of amides is 1. The van der Waals surface area contributed by atoms with Crippen molar-refractivity contribution in [3.63, 3.8) is 0 Å². The maximum absolute atomic E-state index is 13.2. The summed E-state index contributed by atoms with van der Waals surface area (Å²) in [6, 6.07) is 8.00. The molecular weight excluding hydrogens is 438 g/mol. The number of piperidine rings is 1. The number of nitrogens with zero attached hydrogens (tertiary/aromatic N) is 4. The van der Waals surface area contributed by atoms with Gasteiger partial charge in [-0.25, -0.2) is 4.98 Å². The highest BCUT2D eigenvalue weighted by atomic mass is 32.1. The topological polar surface area (TPSA) is 87.5 Å². The lowest BCUT2D eigenvalue weighted by atomic mass is 10.0. The van der Waals surface area contributed by atoms with Gasteiger partial charge in [-0.3, -0.25) is 4.79 Å². The Hall–Kier alpha value is -2.88. The predicted molar refractivity (Wildman–Crippen MR) is 131 cm³/mol. The van der Waals surface area contributed by atoms with E-state index in [1.165, 1.54) is 10.2 Å². The summed E-state index contributed by atoms with van der Waals surface area (Å²) in [5.41, 5.74) is 9.30. The minimum atomic E-state index is -0.0264. The smallest absolute Gasteiger partial charge is 0.254 e. The Labute approximate surface area is 196 Å². The van der Waals surface area contributed by atoms with Gasteiger partial charge in [0.05, 0.1) is 24.9 Å². The first-order valence-electron chi connectivity index (χ1n) is 11.2. The number of carbonyl (C=O) groups excluding carboxylic acids is 1. The number of aromatic nitrogens is 3. The van der Waals surface area contributed by atoms with Crippen LogP contribution in [0.25, 0.3) is 32.8 Å². The largest absolute Gasteiger partial charge is 0.494 e. The van der Waals surface area contributed by atoms with Crippen LogP contribution >= 0.6 is 11.3 Å². The molecule has 2 N–H and O–H groups in total. The number of rotatable bonds is 6. The SMILES string of the molecule is COCCn1c(-c2nc3cc(C(=O)N4CCC[C@@H](N)C4)cc(OC)c3n2C)cc2ccsc21. The quantitative estimate of drug-likeness (QED) is 0.469. The van der Waals surface area contributed by atoms with E-state index >= 15 is 0 Å². The third kappa shape index (κ3) is 3.80. The van der Waals surface area contributed by atoms with Crippen molar-refractivity contribution in [2.45, 2.75) is 25.4 Å². The van der Waals surface area contributed by atoms with Crippen LogP contribution in [0.2, 0.25) is 0 Å². The lowest BCUT2D eigenvalue weighted by Crippen LogP contribution is -2.45. The van der Waals surface area contributed by atoms with Crippen LogP contribution in [-0.4, -0.2) is 64.9 Å². The van der Waals surface area contributed by atoms with Crippen LogP contribution in [0.5, 0.6) is 5.75 Å². The lowest BCUT2D eigenvalue weighted by Gasteiger charge is -2.30. The Kier molecular flexibility index (Phi) is 5.86. The predicted octanol–water partition coefficient (Wildman–Crippen LogP) is 3.47. The van der Waals surface area contributed by atoms with E-state index in [-0.39, 0.29) is 11.9 Å². The molecule has 3 aromatic heterocycles. The van der Waals surface area contributed by atoms with Gasteiger partial charge < -0.3 is 29.2 Å². The second-order valence-corrected chi connectivity index (χ2v) is 9.44. The van der Waals surface area contributed by atoms with Crippen molar-refractivity contribution < 1.29 is 14.3 Å². The van der Waals surface area contributed by atoms with Gasteiger partial charge in [-0.15, -0.1) is 11.3 Å². The molecular formula is C24H29N5O3S. The van der Waals surface area contributed by atoms with Crippen molar-refractivity contribution in [1.29, 1.82) is 0 Å². The van der Waals surface area contributed by atoms with E-state index < -0.39 is 0 Å². The van der Waals surface area contributed by atoms with Gasteiger partial charge in [-0.1, -0.05) is 0 Å². The number of hydrogen-bond donors (Lipinski definition) is 1. The van der Waals surface area contributed by atoms with Gasteiger partial charge in [-0.05, 0) is 42.5 Å². The van der Waals surface area contributed by atoms with Crippen molar-refractivity contribution >= 4 is 38.5 Å². The minimum absolute atomic E-state index is 0.0264. The molecule has 33 heavy (non-hydrogen) atoms. The van der Waals surface area contributed by atoms with Crippen molar-refractivity contribution in [1.82, 2.24) is 19.0 Å². The van der Waals surface area contributed by atoms with Crippen LogP contribution in [0, 0.1) is 0 Å². The number of nitrogens with two attached hydrogens (primary N) is 1. The third-order valence-electron chi connectivity index (χ3n) is 6.40. The van der Waals surface area contributed by atoms with E-state index in [9.17, 15) is 4.79 Å². The molecule has 9 heteroatoms. The average molecular weight is 468 g/mol. The fraction of sp³-hybridized carbons (Fsp3) is 0.417. The molecule has 1 aliphatic rings. The Morgan fingerprint density at radius 2 is 2.15 bits per heavy atom. The number of carbonyl (C=O) groups is 1. The zero-order valence-electron chi connectivity index (χ0n) is 19.2. The number of likely N-dealkylation sites (tertiary alicyclic amines) is 1. The normalized spacial score (nSPS) is 16.7. The Morgan fingerprint density at radius 1 is 1.30 bits per heavy atom. The zero-order chi connectivity index (χ0) is 23.1. The van der Waals surface area contributed by atoms with Gasteiger partial charge in [-0.2, -0.15) is 0 Å². The standard InChI is InChI=1S/C24H29N5O3S/c1-27-21-18(11-16(13-20(21)32-3)23(30)28-7-4-5-17(25)14-28)26-22(27)19-12-15-6-10-33-24(15)29(19)8-9-31-2/h6,10-13,17H,4-5,7-9,14,25H2,1-3H3/t17-/m1/s1. The van der Waals surface area contributed by atoms with Crippen LogP contribution in [0.4, 0.5) is 0 Å². The average Bonchev–Trinajstić information content (AvgIpc) is 3.50. The summed E-state index contributed by atoms with van der Waals surface area (Å²) in [5, 5.41) is 3.28. The van der Waals surface area contributed by atoms with Gasteiger partial charge in [0, 0.05) is 50.8 Å². The maximum atomic E-state index is 13.2. The van der Waals surface area contributed by atoms with Crippen molar-refractivity contribution in [2.75, 3.05) is 33.9 Å². The fourth-order valence-electron chi connectivity index (χ4n) is 4.76. The van der Waals surface area contributed by atoms with E-state index in [2.05, 4.69) is 22.1 Å². The highest BCUT2D eigenvalue weighted by molar-refractivity contribution is 7.16.